The van der Waals surface area contributed by atoms with Gasteiger partial charge in [0, 0.05) is 0 Å². The van der Waals surface area contributed by atoms with Crippen LogP contribution in [0.4, 0.5) is 0 Å². The fourth-order valence-corrected chi connectivity index (χ4v) is 1.29. The van der Waals surface area contributed by atoms with E-state index < -0.39 is 0 Å². The number of ether oxygens (including phenoxy) is 1. The van der Waals surface area contributed by atoms with Crippen molar-refractivity contribution in [3.63, 3.8) is 0 Å². The minimum atomic E-state index is -0.256. The molecule has 2 nitrogen and oxygen atoms in total. The molecule has 1 rings (SSSR count). The largest absolute Gasteiger partial charge is 0.462 e. The van der Waals surface area contributed by atoms with Crippen LogP contribution < -0.4 is 0 Å². The number of carbonyl (C=O) groups is 1. The average molecular weight is 236 g/mol. The zero-order valence-corrected chi connectivity index (χ0v) is 11.2. The normalized spacial score (nSPS) is 9.12. The highest BCUT2D eigenvalue weighted by Gasteiger charge is 2.02. The van der Waals surface area contributed by atoms with Crippen molar-refractivity contribution in [3.05, 3.63) is 35.9 Å². The SMILES string of the molecule is CCCCCC.CCOC(=O)c1ccccc1. The molecule has 96 valence electrons. The third-order valence-electron chi connectivity index (χ3n) is 2.24. The standard InChI is InChI=1S/C9H10O2.C6H14/c1-2-11-9(10)8-6-4-3-5-7-8;1-3-5-6-4-2/h3-7H,2H2,1H3;3-6H2,1-2H3. The molecule has 0 saturated carbocycles. The molecule has 0 aliphatic carbocycles. The Morgan fingerprint density at radius 3 is 1.94 bits per heavy atom. The first kappa shape index (κ1) is 15.7. The van der Waals surface area contributed by atoms with Crippen LogP contribution in [0.3, 0.4) is 0 Å². The molecule has 0 bridgehead atoms. The van der Waals surface area contributed by atoms with Gasteiger partial charge in [-0.25, -0.2) is 4.79 Å². The van der Waals surface area contributed by atoms with Gasteiger partial charge < -0.3 is 4.74 Å². The van der Waals surface area contributed by atoms with Crippen LogP contribution in [0.2, 0.25) is 0 Å². The van der Waals surface area contributed by atoms with Gasteiger partial charge in [0.2, 0.25) is 0 Å². The molecule has 1 aromatic rings. The maximum Gasteiger partial charge on any atom is 0.338 e. The Kier molecular flexibility index (Phi) is 10.3. The van der Waals surface area contributed by atoms with Crippen molar-refractivity contribution in [1.29, 1.82) is 0 Å². The fraction of sp³-hybridized carbons (Fsp3) is 0.533. The molecule has 0 aromatic heterocycles. The lowest BCUT2D eigenvalue weighted by molar-refractivity contribution is 0.0526. The Morgan fingerprint density at radius 1 is 1.00 bits per heavy atom. The van der Waals surface area contributed by atoms with Crippen molar-refractivity contribution in [2.45, 2.75) is 46.5 Å². The summed E-state index contributed by atoms with van der Waals surface area (Å²) in [6, 6.07) is 8.96. The Bertz CT molecular complexity index is 276. The van der Waals surface area contributed by atoms with E-state index in [4.69, 9.17) is 4.74 Å². The molecule has 0 atom stereocenters. The lowest BCUT2D eigenvalue weighted by Crippen LogP contribution is -2.03. The minimum absolute atomic E-state index is 0.256. The summed E-state index contributed by atoms with van der Waals surface area (Å²) in [5.41, 5.74) is 0.606. The Morgan fingerprint density at radius 2 is 1.53 bits per heavy atom. The summed E-state index contributed by atoms with van der Waals surface area (Å²) in [5.74, 6) is -0.256. The van der Waals surface area contributed by atoms with Gasteiger partial charge in [-0.2, -0.15) is 0 Å². The minimum Gasteiger partial charge on any atom is -0.462 e. The molecule has 0 heterocycles. The number of unbranched alkanes of at least 4 members (excludes halogenated alkanes) is 3. The van der Waals surface area contributed by atoms with E-state index in [2.05, 4.69) is 13.8 Å². The number of hydrogen-bond acceptors (Lipinski definition) is 2. The highest BCUT2D eigenvalue weighted by atomic mass is 16.5. The van der Waals surface area contributed by atoms with Crippen LogP contribution in [0.1, 0.15) is 56.8 Å². The highest BCUT2D eigenvalue weighted by Crippen LogP contribution is 2.00. The smallest absolute Gasteiger partial charge is 0.338 e. The summed E-state index contributed by atoms with van der Waals surface area (Å²) < 4.78 is 4.79. The van der Waals surface area contributed by atoms with Gasteiger partial charge >= 0.3 is 5.97 Å². The van der Waals surface area contributed by atoms with Crippen molar-refractivity contribution in [3.8, 4) is 0 Å². The molecule has 0 aliphatic heterocycles. The number of esters is 1. The van der Waals surface area contributed by atoms with Crippen molar-refractivity contribution in [2.75, 3.05) is 6.61 Å². The number of carbonyl (C=O) groups excluding carboxylic acids is 1. The molecule has 0 amide bonds. The predicted molar refractivity (Wildman–Crippen MR) is 72.2 cm³/mol. The molecule has 0 aliphatic rings. The Hall–Kier alpha value is -1.31. The summed E-state index contributed by atoms with van der Waals surface area (Å²) in [7, 11) is 0. The van der Waals surface area contributed by atoms with Crippen molar-refractivity contribution in [1.82, 2.24) is 0 Å². The fourth-order valence-electron chi connectivity index (χ4n) is 1.29. The third-order valence-corrected chi connectivity index (χ3v) is 2.24. The van der Waals surface area contributed by atoms with Gasteiger partial charge in [-0.3, -0.25) is 0 Å². The maximum absolute atomic E-state index is 11.0. The molecule has 0 unspecified atom stereocenters. The first-order chi connectivity index (χ1) is 8.26. The summed E-state index contributed by atoms with van der Waals surface area (Å²) in [6.45, 7) is 6.68. The topological polar surface area (TPSA) is 26.3 Å². The zero-order valence-electron chi connectivity index (χ0n) is 11.2. The molecule has 0 fully saturated rings. The van der Waals surface area contributed by atoms with Crippen LogP contribution in [0, 0.1) is 0 Å². The van der Waals surface area contributed by atoms with Gasteiger partial charge in [-0.15, -0.1) is 0 Å². The Labute approximate surface area is 105 Å². The second-order valence-corrected chi connectivity index (χ2v) is 3.79. The van der Waals surface area contributed by atoms with Crippen LogP contribution in [0.5, 0.6) is 0 Å². The molecule has 0 radical (unpaired) electrons. The highest BCUT2D eigenvalue weighted by molar-refractivity contribution is 5.89. The van der Waals surface area contributed by atoms with E-state index >= 15 is 0 Å². The van der Waals surface area contributed by atoms with E-state index in [-0.39, 0.29) is 5.97 Å². The lowest BCUT2D eigenvalue weighted by Gasteiger charge is -1.99. The van der Waals surface area contributed by atoms with Gasteiger partial charge in [0.15, 0.2) is 0 Å². The molecule has 0 spiro atoms. The van der Waals surface area contributed by atoms with Gasteiger partial charge in [0.1, 0.15) is 0 Å². The van der Waals surface area contributed by atoms with Crippen LogP contribution in [0.25, 0.3) is 0 Å². The van der Waals surface area contributed by atoms with Crippen LogP contribution in [-0.2, 0) is 4.74 Å². The summed E-state index contributed by atoms with van der Waals surface area (Å²) >= 11 is 0. The second-order valence-electron chi connectivity index (χ2n) is 3.79. The van der Waals surface area contributed by atoms with E-state index in [1.54, 1.807) is 19.1 Å². The van der Waals surface area contributed by atoms with Gasteiger partial charge in [0.05, 0.1) is 12.2 Å². The number of rotatable bonds is 5. The molecular formula is C15H24O2. The first-order valence-electron chi connectivity index (χ1n) is 6.48. The Balaban J connectivity index is 0.000000366. The van der Waals surface area contributed by atoms with Crippen molar-refractivity contribution >= 4 is 5.97 Å². The molecule has 0 N–H and O–H groups in total. The molecular weight excluding hydrogens is 212 g/mol. The number of benzene rings is 1. The lowest BCUT2D eigenvalue weighted by atomic mass is 10.2. The third kappa shape index (κ3) is 8.49. The van der Waals surface area contributed by atoms with Crippen LogP contribution >= 0.6 is 0 Å². The van der Waals surface area contributed by atoms with Gasteiger partial charge in [-0.1, -0.05) is 57.7 Å². The zero-order chi connectivity index (χ0) is 12.9. The molecule has 17 heavy (non-hydrogen) atoms. The summed E-state index contributed by atoms with van der Waals surface area (Å²) in [4.78, 5) is 11.0. The van der Waals surface area contributed by atoms with E-state index in [1.807, 2.05) is 18.2 Å². The van der Waals surface area contributed by atoms with Crippen LogP contribution in [-0.4, -0.2) is 12.6 Å². The first-order valence-corrected chi connectivity index (χ1v) is 6.48. The van der Waals surface area contributed by atoms with E-state index in [1.165, 1.54) is 25.7 Å². The van der Waals surface area contributed by atoms with Gasteiger partial charge in [-0.05, 0) is 19.1 Å². The van der Waals surface area contributed by atoms with E-state index in [0.717, 1.165) is 0 Å². The quantitative estimate of drug-likeness (QED) is 0.557. The molecule has 0 saturated heterocycles. The molecule has 2 heteroatoms. The van der Waals surface area contributed by atoms with Gasteiger partial charge in [0.25, 0.3) is 0 Å². The van der Waals surface area contributed by atoms with Crippen molar-refractivity contribution < 1.29 is 9.53 Å². The predicted octanol–water partition coefficient (Wildman–Crippen LogP) is 4.45. The van der Waals surface area contributed by atoms with E-state index in [9.17, 15) is 4.79 Å². The summed E-state index contributed by atoms with van der Waals surface area (Å²) in [5, 5.41) is 0. The second kappa shape index (κ2) is 11.2. The molecule has 1 aromatic carbocycles. The summed E-state index contributed by atoms with van der Waals surface area (Å²) in [6.07, 6.45) is 5.54. The monoisotopic (exact) mass is 236 g/mol. The average Bonchev–Trinajstić information content (AvgIpc) is 2.38. The van der Waals surface area contributed by atoms with Crippen molar-refractivity contribution in [2.24, 2.45) is 0 Å². The van der Waals surface area contributed by atoms with E-state index in [0.29, 0.717) is 12.2 Å². The van der Waals surface area contributed by atoms with Crippen LogP contribution in [0.15, 0.2) is 30.3 Å². The number of hydrogen-bond donors (Lipinski definition) is 0. The maximum atomic E-state index is 11.0.